The van der Waals surface area contributed by atoms with Crippen LogP contribution in [0.1, 0.15) is 43.5 Å². The fourth-order valence-electron chi connectivity index (χ4n) is 4.81. The molecule has 5 rings (SSSR count). The van der Waals surface area contributed by atoms with Crippen LogP contribution in [0.15, 0.2) is 72.8 Å². The van der Waals surface area contributed by atoms with Gasteiger partial charge in [-0.05, 0) is 48.7 Å². The van der Waals surface area contributed by atoms with E-state index in [1.165, 1.54) is 0 Å². The summed E-state index contributed by atoms with van der Waals surface area (Å²) in [5, 5.41) is 0. The molecule has 0 aliphatic carbocycles. The number of unbranched alkanes of at least 4 members (excludes halogenated alkanes) is 1. The number of hydrogen-bond acceptors (Lipinski definition) is 5. The maximum Gasteiger partial charge on any atom is 0.235 e. The number of imidazole rings is 1. The Balaban J connectivity index is 1.48. The first-order valence-corrected chi connectivity index (χ1v) is 13.3. The molecule has 1 aliphatic heterocycles. The van der Waals surface area contributed by atoms with E-state index < -0.39 is 5.95 Å². The van der Waals surface area contributed by atoms with Crippen molar-refractivity contribution in [1.29, 1.82) is 0 Å². The van der Waals surface area contributed by atoms with Crippen LogP contribution in [0.5, 0.6) is 17.2 Å². The van der Waals surface area contributed by atoms with Crippen molar-refractivity contribution in [2.75, 3.05) is 13.4 Å². The summed E-state index contributed by atoms with van der Waals surface area (Å²) in [6.07, 6.45) is 1.96. The molecule has 0 unspecified atom stereocenters. The van der Waals surface area contributed by atoms with Crippen LogP contribution in [0.4, 0.5) is 4.39 Å². The first-order chi connectivity index (χ1) is 18.6. The predicted molar refractivity (Wildman–Crippen MR) is 146 cm³/mol. The summed E-state index contributed by atoms with van der Waals surface area (Å²) in [4.78, 5) is 6.64. The van der Waals surface area contributed by atoms with Crippen LogP contribution in [0, 0.1) is 5.95 Å². The molecule has 0 saturated carbocycles. The van der Waals surface area contributed by atoms with Gasteiger partial charge in [-0.25, -0.2) is 0 Å². The quantitative estimate of drug-likeness (QED) is 0.207. The van der Waals surface area contributed by atoms with E-state index in [2.05, 4.69) is 33.5 Å². The van der Waals surface area contributed by atoms with Crippen LogP contribution < -0.4 is 14.2 Å². The van der Waals surface area contributed by atoms with E-state index in [0.717, 1.165) is 46.8 Å². The van der Waals surface area contributed by atoms with Crippen LogP contribution in [-0.2, 0) is 26.2 Å². The largest absolute Gasteiger partial charge is 0.494 e. The zero-order valence-corrected chi connectivity index (χ0v) is 22.0. The van der Waals surface area contributed by atoms with Crippen molar-refractivity contribution in [2.45, 2.75) is 52.9 Å². The number of halogens is 1. The maximum atomic E-state index is 15.6. The molecule has 0 N–H and O–H groups in total. The van der Waals surface area contributed by atoms with Crippen LogP contribution >= 0.6 is 0 Å². The molecular formula is C31H34FN3O3. The van der Waals surface area contributed by atoms with Crippen LogP contribution in [0.3, 0.4) is 0 Å². The van der Waals surface area contributed by atoms with E-state index in [1.807, 2.05) is 67.6 Å². The van der Waals surface area contributed by atoms with Gasteiger partial charge < -0.3 is 18.8 Å². The smallest absolute Gasteiger partial charge is 0.235 e. The lowest BCUT2D eigenvalue weighted by Gasteiger charge is -2.24. The predicted octanol–water partition coefficient (Wildman–Crippen LogP) is 6.82. The summed E-state index contributed by atoms with van der Waals surface area (Å²) in [7, 11) is 0. The molecule has 7 heteroatoms. The molecule has 0 radical (unpaired) electrons. The van der Waals surface area contributed by atoms with Gasteiger partial charge in [-0.1, -0.05) is 61.9 Å². The molecule has 1 aliphatic rings. The summed E-state index contributed by atoms with van der Waals surface area (Å²) in [6, 6.07) is 23.9. The van der Waals surface area contributed by atoms with Gasteiger partial charge in [0.1, 0.15) is 11.6 Å². The van der Waals surface area contributed by atoms with E-state index in [-0.39, 0.29) is 6.79 Å². The van der Waals surface area contributed by atoms with Gasteiger partial charge in [0.05, 0.1) is 12.3 Å². The Morgan fingerprint density at radius 1 is 0.895 bits per heavy atom. The Hall–Kier alpha value is -3.84. The first-order valence-electron chi connectivity index (χ1n) is 13.3. The molecule has 6 nitrogen and oxygen atoms in total. The van der Waals surface area contributed by atoms with Crippen molar-refractivity contribution in [3.63, 3.8) is 0 Å². The monoisotopic (exact) mass is 515 g/mol. The number of benzene rings is 3. The fraction of sp³-hybridized carbons (Fsp3) is 0.323. The lowest BCUT2D eigenvalue weighted by molar-refractivity contribution is 0.174. The SMILES string of the molecule is CCCCn1c(-c2ccccc2)nc(F)c1CN(Cc1cccc(OCC)c1)Cc1ccc2c(c1)OCO2. The third-order valence-electron chi connectivity index (χ3n) is 6.62. The fourth-order valence-corrected chi connectivity index (χ4v) is 4.81. The topological polar surface area (TPSA) is 48.8 Å². The average Bonchev–Trinajstić information content (AvgIpc) is 3.52. The number of nitrogens with zero attached hydrogens (tertiary/aromatic N) is 3. The highest BCUT2D eigenvalue weighted by atomic mass is 19.1. The Bertz CT molecular complexity index is 1360. The Morgan fingerprint density at radius 3 is 2.47 bits per heavy atom. The van der Waals surface area contributed by atoms with E-state index in [9.17, 15) is 0 Å². The Kier molecular flexibility index (Phi) is 8.24. The number of rotatable bonds is 12. The van der Waals surface area contributed by atoms with Gasteiger partial charge in [0.15, 0.2) is 11.5 Å². The van der Waals surface area contributed by atoms with Crippen LogP contribution in [0.25, 0.3) is 11.4 Å². The number of hydrogen-bond donors (Lipinski definition) is 0. The molecule has 3 aromatic carbocycles. The first kappa shape index (κ1) is 25.8. The zero-order valence-electron chi connectivity index (χ0n) is 22.0. The molecule has 0 saturated heterocycles. The highest BCUT2D eigenvalue weighted by Gasteiger charge is 2.22. The van der Waals surface area contributed by atoms with E-state index in [4.69, 9.17) is 14.2 Å². The Labute approximate surface area is 223 Å². The summed E-state index contributed by atoms with van der Waals surface area (Å²) < 4.78 is 34.4. The lowest BCUT2D eigenvalue weighted by Crippen LogP contribution is -2.25. The number of ether oxygens (including phenoxy) is 3. The Morgan fingerprint density at radius 2 is 1.68 bits per heavy atom. The van der Waals surface area contributed by atoms with Gasteiger partial charge in [0.25, 0.3) is 0 Å². The van der Waals surface area contributed by atoms with Crippen LogP contribution in [0.2, 0.25) is 0 Å². The van der Waals surface area contributed by atoms with Crippen molar-refractivity contribution in [3.8, 4) is 28.6 Å². The van der Waals surface area contributed by atoms with Crippen molar-refractivity contribution < 1.29 is 18.6 Å². The third kappa shape index (κ3) is 6.00. The molecule has 198 valence electrons. The summed E-state index contributed by atoms with van der Waals surface area (Å²) in [5.41, 5.74) is 3.68. The van der Waals surface area contributed by atoms with Gasteiger partial charge >= 0.3 is 0 Å². The molecule has 0 amide bonds. The second kappa shape index (κ2) is 12.1. The van der Waals surface area contributed by atoms with Gasteiger partial charge in [-0.15, -0.1) is 0 Å². The molecule has 4 aromatic rings. The zero-order chi connectivity index (χ0) is 26.3. The minimum atomic E-state index is -0.418. The van der Waals surface area contributed by atoms with Gasteiger partial charge in [-0.3, -0.25) is 4.90 Å². The molecule has 0 atom stereocenters. The highest BCUT2D eigenvalue weighted by molar-refractivity contribution is 5.56. The van der Waals surface area contributed by atoms with Crippen LogP contribution in [-0.4, -0.2) is 27.9 Å². The van der Waals surface area contributed by atoms with Crippen molar-refractivity contribution >= 4 is 0 Å². The number of aromatic nitrogens is 2. The van der Waals surface area contributed by atoms with Crippen molar-refractivity contribution in [1.82, 2.24) is 14.5 Å². The van der Waals surface area contributed by atoms with Crippen molar-refractivity contribution in [3.05, 3.63) is 95.6 Å². The summed E-state index contributed by atoms with van der Waals surface area (Å²) in [5.74, 6) is 2.58. The summed E-state index contributed by atoms with van der Waals surface area (Å²) >= 11 is 0. The molecular weight excluding hydrogens is 481 g/mol. The molecule has 2 heterocycles. The van der Waals surface area contributed by atoms with Gasteiger partial charge in [-0.2, -0.15) is 9.37 Å². The van der Waals surface area contributed by atoms with Gasteiger partial charge in [0, 0.05) is 31.7 Å². The van der Waals surface area contributed by atoms with E-state index >= 15 is 4.39 Å². The molecule has 0 spiro atoms. The van der Waals surface area contributed by atoms with Crippen molar-refractivity contribution in [2.24, 2.45) is 0 Å². The summed E-state index contributed by atoms with van der Waals surface area (Å²) in [6.45, 7) is 7.30. The second-order valence-electron chi connectivity index (χ2n) is 9.46. The minimum absolute atomic E-state index is 0.233. The molecule has 0 fully saturated rings. The second-order valence-corrected chi connectivity index (χ2v) is 9.46. The normalized spacial score (nSPS) is 12.3. The molecule has 38 heavy (non-hydrogen) atoms. The van der Waals surface area contributed by atoms with E-state index in [1.54, 1.807) is 0 Å². The highest BCUT2D eigenvalue weighted by Crippen LogP contribution is 2.33. The third-order valence-corrected chi connectivity index (χ3v) is 6.62. The minimum Gasteiger partial charge on any atom is -0.494 e. The maximum absolute atomic E-state index is 15.6. The standard InChI is InChI=1S/C31H34FN3O3/c1-3-5-16-35-27(30(32)33-31(35)25-11-7-6-8-12-25)21-34(19-23-10-9-13-26(17-23)36-4-2)20-24-14-15-28-29(18-24)38-22-37-28/h6-15,17-18H,3-5,16,19-22H2,1-2H3. The molecule has 0 bridgehead atoms. The molecule has 1 aromatic heterocycles. The van der Waals surface area contributed by atoms with Gasteiger partial charge in [0.2, 0.25) is 12.7 Å². The van der Waals surface area contributed by atoms with E-state index in [0.29, 0.717) is 44.3 Å². The lowest BCUT2D eigenvalue weighted by atomic mass is 10.1. The number of fused-ring (bicyclic) bond motifs is 1. The average molecular weight is 516 g/mol.